The first-order valence-electron chi connectivity index (χ1n) is 5.02. The van der Waals surface area contributed by atoms with E-state index in [1.807, 2.05) is 12.1 Å². The Labute approximate surface area is 98.0 Å². The number of anilines is 1. The van der Waals surface area contributed by atoms with Crippen LogP contribution in [0.15, 0.2) is 46.9 Å². The van der Waals surface area contributed by atoms with Crippen molar-refractivity contribution >= 4 is 17.7 Å². The first-order valence-corrected chi connectivity index (χ1v) is 5.02. The number of nitrogens with two attached hydrogens (primary N) is 1. The van der Waals surface area contributed by atoms with Crippen molar-refractivity contribution in [3.63, 3.8) is 0 Å². The van der Waals surface area contributed by atoms with Crippen molar-refractivity contribution in [2.24, 2.45) is 0 Å². The number of benzene rings is 1. The van der Waals surface area contributed by atoms with Crippen LogP contribution in [0, 0.1) is 0 Å². The summed E-state index contributed by atoms with van der Waals surface area (Å²) in [5.74, 6) is 0.138. The first kappa shape index (κ1) is 11.0. The topological polar surface area (TPSA) is 76.5 Å². The lowest BCUT2D eigenvalue weighted by molar-refractivity contribution is -0.131. The Morgan fingerprint density at radius 1 is 1.29 bits per heavy atom. The van der Waals surface area contributed by atoms with Gasteiger partial charge >= 0.3 is 5.97 Å². The van der Waals surface area contributed by atoms with Crippen LogP contribution >= 0.6 is 0 Å². The SMILES string of the molecule is Nc1cccc(-c2ccc(/C=C/C(=O)O)o2)c1. The van der Waals surface area contributed by atoms with Crippen LogP contribution in [0.4, 0.5) is 5.69 Å². The van der Waals surface area contributed by atoms with E-state index in [-0.39, 0.29) is 0 Å². The molecule has 1 heterocycles. The van der Waals surface area contributed by atoms with Gasteiger partial charge in [0.2, 0.25) is 0 Å². The van der Waals surface area contributed by atoms with Crippen LogP contribution in [0.3, 0.4) is 0 Å². The predicted molar refractivity (Wildman–Crippen MR) is 65.2 cm³/mol. The van der Waals surface area contributed by atoms with Gasteiger partial charge in [0.1, 0.15) is 11.5 Å². The minimum atomic E-state index is -1.01. The normalized spacial score (nSPS) is 10.8. The molecule has 0 saturated carbocycles. The van der Waals surface area contributed by atoms with E-state index in [1.165, 1.54) is 6.08 Å². The molecule has 86 valence electrons. The summed E-state index contributed by atoms with van der Waals surface area (Å²) in [4.78, 5) is 10.3. The smallest absolute Gasteiger partial charge is 0.328 e. The molecule has 3 N–H and O–H groups in total. The summed E-state index contributed by atoms with van der Waals surface area (Å²) in [6.07, 6.45) is 2.43. The van der Waals surface area contributed by atoms with Gasteiger partial charge in [0.15, 0.2) is 0 Å². The summed E-state index contributed by atoms with van der Waals surface area (Å²) in [6, 6.07) is 10.8. The van der Waals surface area contributed by atoms with Crippen molar-refractivity contribution < 1.29 is 14.3 Å². The minimum Gasteiger partial charge on any atom is -0.478 e. The summed E-state index contributed by atoms with van der Waals surface area (Å²) in [6.45, 7) is 0. The highest BCUT2D eigenvalue weighted by Gasteiger charge is 2.03. The van der Waals surface area contributed by atoms with Crippen LogP contribution < -0.4 is 5.73 Å². The predicted octanol–water partition coefficient (Wildman–Crippen LogP) is 2.63. The Morgan fingerprint density at radius 2 is 2.12 bits per heavy atom. The maximum absolute atomic E-state index is 10.3. The lowest BCUT2D eigenvalue weighted by atomic mass is 10.1. The number of carboxylic acids is 1. The average molecular weight is 229 g/mol. The van der Waals surface area contributed by atoms with Crippen molar-refractivity contribution in [3.8, 4) is 11.3 Å². The minimum absolute atomic E-state index is 0.491. The van der Waals surface area contributed by atoms with Gasteiger partial charge in [-0.25, -0.2) is 4.79 Å². The quantitative estimate of drug-likeness (QED) is 0.626. The van der Waals surface area contributed by atoms with Crippen LogP contribution in [0.25, 0.3) is 17.4 Å². The highest BCUT2D eigenvalue weighted by Crippen LogP contribution is 2.24. The lowest BCUT2D eigenvalue weighted by Crippen LogP contribution is -1.84. The van der Waals surface area contributed by atoms with Gasteiger partial charge in [-0.3, -0.25) is 0 Å². The molecule has 1 aromatic carbocycles. The molecule has 2 aromatic rings. The summed E-state index contributed by atoms with van der Waals surface area (Å²) in [5.41, 5.74) is 7.18. The van der Waals surface area contributed by atoms with Crippen LogP contribution in [-0.2, 0) is 4.79 Å². The molecule has 2 rings (SSSR count). The van der Waals surface area contributed by atoms with E-state index in [9.17, 15) is 4.79 Å². The van der Waals surface area contributed by atoms with E-state index < -0.39 is 5.97 Å². The number of furan rings is 1. The molecule has 4 heteroatoms. The average Bonchev–Trinajstić information content (AvgIpc) is 2.75. The van der Waals surface area contributed by atoms with Gasteiger partial charge in [-0.05, 0) is 30.3 Å². The number of carboxylic acid groups (broad SMARTS) is 1. The molecule has 17 heavy (non-hydrogen) atoms. The van der Waals surface area contributed by atoms with E-state index in [2.05, 4.69) is 0 Å². The molecular formula is C13H11NO3. The molecule has 0 fully saturated rings. The molecule has 4 nitrogen and oxygen atoms in total. The molecule has 0 atom stereocenters. The van der Waals surface area contributed by atoms with Gasteiger partial charge < -0.3 is 15.3 Å². The zero-order valence-electron chi connectivity index (χ0n) is 8.96. The fraction of sp³-hybridized carbons (Fsp3) is 0. The number of aliphatic carboxylic acids is 1. The molecular weight excluding hydrogens is 218 g/mol. The molecule has 0 bridgehead atoms. The fourth-order valence-corrected chi connectivity index (χ4v) is 1.44. The monoisotopic (exact) mass is 229 g/mol. The fourth-order valence-electron chi connectivity index (χ4n) is 1.44. The van der Waals surface area contributed by atoms with Crippen LogP contribution in [0.2, 0.25) is 0 Å². The highest BCUT2D eigenvalue weighted by molar-refractivity contribution is 5.84. The molecule has 0 radical (unpaired) electrons. The summed E-state index contributed by atoms with van der Waals surface area (Å²) < 4.78 is 5.47. The van der Waals surface area contributed by atoms with Crippen molar-refractivity contribution in [1.29, 1.82) is 0 Å². The lowest BCUT2D eigenvalue weighted by Gasteiger charge is -1.97. The number of nitrogen functional groups attached to an aromatic ring is 1. The molecule has 0 aliphatic carbocycles. The molecule has 0 aliphatic rings. The highest BCUT2D eigenvalue weighted by atomic mass is 16.4. The third-order valence-electron chi connectivity index (χ3n) is 2.19. The van der Waals surface area contributed by atoms with Gasteiger partial charge in [0, 0.05) is 17.3 Å². The van der Waals surface area contributed by atoms with Crippen molar-refractivity contribution in [3.05, 3.63) is 48.2 Å². The van der Waals surface area contributed by atoms with Gasteiger partial charge in [-0.1, -0.05) is 12.1 Å². The second kappa shape index (κ2) is 4.57. The Morgan fingerprint density at radius 3 is 2.82 bits per heavy atom. The van der Waals surface area contributed by atoms with Crippen molar-refractivity contribution in [1.82, 2.24) is 0 Å². The number of carbonyl (C=O) groups is 1. The molecule has 1 aromatic heterocycles. The van der Waals surface area contributed by atoms with E-state index in [4.69, 9.17) is 15.3 Å². The Bertz CT molecular complexity index is 570. The Kier molecular flexibility index (Phi) is 2.96. The summed E-state index contributed by atoms with van der Waals surface area (Å²) >= 11 is 0. The van der Waals surface area contributed by atoms with E-state index in [0.717, 1.165) is 11.6 Å². The molecule has 0 saturated heterocycles. The van der Waals surface area contributed by atoms with E-state index in [0.29, 0.717) is 17.2 Å². The van der Waals surface area contributed by atoms with E-state index >= 15 is 0 Å². The second-order valence-electron chi connectivity index (χ2n) is 3.50. The number of hydrogen-bond donors (Lipinski definition) is 2. The number of rotatable bonds is 3. The van der Waals surface area contributed by atoms with Gasteiger partial charge in [-0.15, -0.1) is 0 Å². The van der Waals surface area contributed by atoms with Gasteiger partial charge in [0.25, 0.3) is 0 Å². The van der Waals surface area contributed by atoms with Crippen LogP contribution in [-0.4, -0.2) is 11.1 Å². The van der Waals surface area contributed by atoms with Crippen LogP contribution in [0.5, 0.6) is 0 Å². The molecule has 0 spiro atoms. The Hall–Kier alpha value is -2.49. The molecule has 0 amide bonds. The third-order valence-corrected chi connectivity index (χ3v) is 2.19. The molecule has 0 unspecified atom stereocenters. The third kappa shape index (κ3) is 2.75. The zero-order chi connectivity index (χ0) is 12.3. The van der Waals surface area contributed by atoms with Gasteiger partial charge in [-0.2, -0.15) is 0 Å². The van der Waals surface area contributed by atoms with Gasteiger partial charge in [0.05, 0.1) is 0 Å². The van der Waals surface area contributed by atoms with Crippen molar-refractivity contribution in [2.45, 2.75) is 0 Å². The number of hydrogen-bond acceptors (Lipinski definition) is 3. The maximum Gasteiger partial charge on any atom is 0.328 e. The standard InChI is InChI=1S/C13H11NO3/c14-10-3-1-2-9(8-10)12-6-4-11(17-12)5-7-13(15)16/h1-8H,14H2,(H,15,16)/b7-5+. The summed E-state index contributed by atoms with van der Waals surface area (Å²) in [5, 5.41) is 8.49. The van der Waals surface area contributed by atoms with E-state index in [1.54, 1.807) is 24.3 Å². The second-order valence-corrected chi connectivity index (χ2v) is 3.50. The van der Waals surface area contributed by atoms with Crippen molar-refractivity contribution in [2.75, 3.05) is 5.73 Å². The largest absolute Gasteiger partial charge is 0.478 e. The first-order chi connectivity index (χ1) is 8.15. The zero-order valence-corrected chi connectivity index (χ0v) is 8.96. The Balaban J connectivity index is 2.27. The summed E-state index contributed by atoms with van der Waals surface area (Å²) in [7, 11) is 0. The van der Waals surface area contributed by atoms with Crippen LogP contribution in [0.1, 0.15) is 5.76 Å². The molecule has 0 aliphatic heterocycles. The maximum atomic E-state index is 10.3.